The van der Waals surface area contributed by atoms with Gasteiger partial charge in [-0.05, 0) is 26.0 Å². The van der Waals surface area contributed by atoms with Crippen LogP contribution in [-0.2, 0) is 33.3 Å². The van der Waals surface area contributed by atoms with Crippen molar-refractivity contribution >= 4 is 22.4 Å². The van der Waals surface area contributed by atoms with Crippen LogP contribution in [0.3, 0.4) is 0 Å². The molecule has 0 amide bonds. The molecule has 25 heavy (non-hydrogen) atoms. The summed E-state index contributed by atoms with van der Waals surface area (Å²) in [6.07, 6.45) is -1.78. The second-order valence-electron chi connectivity index (χ2n) is 6.00. The Morgan fingerprint density at radius 1 is 1.28 bits per heavy atom. The van der Waals surface area contributed by atoms with E-state index in [1.165, 1.54) is 0 Å². The van der Waals surface area contributed by atoms with E-state index in [1.807, 2.05) is 0 Å². The molecule has 8 nitrogen and oxygen atoms in total. The summed E-state index contributed by atoms with van der Waals surface area (Å²) in [7, 11) is -3.78. The monoisotopic (exact) mass is 372 g/mol. The average molecular weight is 372 g/mol. The Balaban J connectivity index is 2.20. The van der Waals surface area contributed by atoms with Gasteiger partial charge in [-0.1, -0.05) is 18.2 Å². The number of ether oxygens (including phenoxy) is 3. The molecule has 0 saturated carbocycles. The average Bonchev–Trinajstić information content (AvgIpc) is 2.86. The van der Waals surface area contributed by atoms with Crippen molar-refractivity contribution in [2.45, 2.75) is 37.9 Å². The van der Waals surface area contributed by atoms with E-state index < -0.39 is 46.8 Å². The number of carbonyl (C=O) groups excluding carboxylic acids is 2. The molecular formula is C16H20O8S. The zero-order valence-corrected chi connectivity index (χ0v) is 14.9. The van der Waals surface area contributed by atoms with E-state index in [0.29, 0.717) is 6.29 Å². The minimum atomic E-state index is -3.78. The Bertz CT molecular complexity index is 713. The topological polar surface area (TPSA) is 105 Å². The maximum Gasteiger partial charge on any atom is 0.338 e. The number of carbonyl (C=O) groups is 2. The van der Waals surface area contributed by atoms with Gasteiger partial charge in [-0.3, -0.25) is 4.18 Å². The number of esters is 1. The van der Waals surface area contributed by atoms with E-state index >= 15 is 0 Å². The van der Waals surface area contributed by atoms with Gasteiger partial charge in [-0.2, -0.15) is 8.42 Å². The van der Waals surface area contributed by atoms with Crippen molar-refractivity contribution in [3.8, 4) is 0 Å². The normalized spacial score (nSPS) is 23.8. The van der Waals surface area contributed by atoms with Gasteiger partial charge >= 0.3 is 5.97 Å². The van der Waals surface area contributed by atoms with Crippen molar-refractivity contribution in [3.05, 3.63) is 35.9 Å². The van der Waals surface area contributed by atoms with Crippen LogP contribution in [0.2, 0.25) is 0 Å². The molecule has 1 saturated heterocycles. The number of aldehydes is 1. The fourth-order valence-electron chi connectivity index (χ4n) is 2.38. The minimum absolute atomic E-state index is 0.271. The van der Waals surface area contributed by atoms with E-state index in [2.05, 4.69) is 0 Å². The van der Waals surface area contributed by atoms with Crippen LogP contribution in [0, 0.1) is 0 Å². The van der Waals surface area contributed by atoms with Crippen LogP contribution < -0.4 is 0 Å². The molecule has 0 N–H and O–H groups in total. The summed E-state index contributed by atoms with van der Waals surface area (Å²) in [6.45, 7) is 2.69. The largest absolute Gasteiger partial charge is 0.453 e. The third-order valence-corrected chi connectivity index (χ3v) is 3.94. The van der Waals surface area contributed by atoms with E-state index in [-0.39, 0.29) is 5.56 Å². The Kier molecular flexibility index (Phi) is 5.94. The summed E-state index contributed by atoms with van der Waals surface area (Å²) in [5, 5.41) is 0. The smallest absolute Gasteiger partial charge is 0.338 e. The van der Waals surface area contributed by atoms with Crippen LogP contribution in [0.15, 0.2) is 30.3 Å². The van der Waals surface area contributed by atoms with Crippen molar-refractivity contribution in [2.24, 2.45) is 0 Å². The highest BCUT2D eigenvalue weighted by atomic mass is 32.2. The summed E-state index contributed by atoms with van der Waals surface area (Å²) in [5.41, 5.74) is 0.271. The Morgan fingerprint density at radius 3 is 2.48 bits per heavy atom. The molecule has 0 radical (unpaired) electrons. The van der Waals surface area contributed by atoms with Crippen LogP contribution in [0.25, 0.3) is 0 Å². The molecular weight excluding hydrogens is 352 g/mol. The predicted molar refractivity (Wildman–Crippen MR) is 86.3 cm³/mol. The summed E-state index contributed by atoms with van der Waals surface area (Å²) in [6, 6.07) is 8.14. The molecule has 1 aliphatic rings. The maximum atomic E-state index is 12.3. The fraction of sp³-hybridized carbons (Fsp3) is 0.500. The van der Waals surface area contributed by atoms with Crippen LogP contribution in [0.5, 0.6) is 0 Å². The third-order valence-electron chi connectivity index (χ3n) is 3.38. The number of hydrogen-bond donors (Lipinski definition) is 0. The zero-order valence-electron chi connectivity index (χ0n) is 14.1. The molecule has 3 atom stereocenters. The molecule has 1 aromatic rings. The summed E-state index contributed by atoms with van der Waals surface area (Å²) >= 11 is 0. The molecule has 1 fully saturated rings. The Morgan fingerprint density at radius 2 is 1.92 bits per heavy atom. The van der Waals surface area contributed by atoms with Crippen molar-refractivity contribution in [1.82, 2.24) is 0 Å². The lowest BCUT2D eigenvalue weighted by molar-refractivity contribution is -0.158. The van der Waals surface area contributed by atoms with Gasteiger partial charge < -0.3 is 19.0 Å². The highest BCUT2D eigenvalue weighted by Crippen LogP contribution is 2.30. The summed E-state index contributed by atoms with van der Waals surface area (Å²) < 4.78 is 43.7. The number of rotatable bonds is 7. The second kappa shape index (κ2) is 7.61. The van der Waals surface area contributed by atoms with Crippen molar-refractivity contribution in [3.63, 3.8) is 0 Å². The SMILES string of the molecule is CC1(C)OC(C=O)C(C(COS(C)(=O)=O)OC(=O)c2ccccc2)O1. The van der Waals surface area contributed by atoms with Crippen molar-refractivity contribution in [2.75, 3.05) is 12.9 Å². The lowest BCUT2D eigenvalue weighted by Gasteiger charge is -2.24. The Hall–Kier alpha value is -1.81. The standard InChI is InChI=1S/C16H20O8S/c1-16(2)23-12(9-17)14(24-16)13(10-21-25(3,19)20)22-15(18)11-7-5-4-6-8-11/h4-9,12-14H,10H2,1-3H3. The molecule has 0 bridgehead atoms. The van der Waals surface area contributed by atoms with Gasteiger partial charge in [-0.25, -0.2) is 4.79 Å². The molecule has 9 heteroatoms. The molecule has 1 aromatic carbocycles. The summed E-state index contributed by atoms with van der Waals surface area (Å²) in [4.78, 5) is 23.5. The van der Waals surface area contributed by atoms with E-state index in [0.717, 1.165) is 6.26 Å². The van der Waals surface area contributed by atoms with Gasteiger partial charge in [0.1, 0.15) is 18.8 Å². The first-order valence-electron chi connectivity index (χ1n) is 7.53. The van der Waals surface area contributed by atoms with Gasteiger partial charge in [0, 0.05) is 0 Å². The molecule has 0 aromatic heterocycles. The molecule has 1 aliphatic heterocycles. The van der Waals surface area contributed by atoms with Crippen LogP contribution in [0.4, 0.5) is 0 Å². The highest BCUT2D eigenvalue weighted by molar-refractivity contribution is 7.85. The highest BCUT2D eigenvalue weighted by Gasteiger charge is 2.47. The first-order chi connectivity index (χ1) is 11.6. The fourth-order valence-corrected chi connectivity index (χ4v) is 2.76. The van der Waals surface area contributed by atoms with Crippen molar-refractivity contribution < 1.29 is 36.4 Å². The number of hydrogen-bond acceptors (Lipinski definition) is 8. The zero-order chi connectivity index (χ0) is 18.7. The Labute approximate surface area is 146 Å². The van der Waals surface area contributed by atoms with Gasteiger partial charge in [0.25, 0.3) is 10.1 Å². The van der Waals surface area contributed by atoms with E-state index in [1.54, 1.807) is 44.2 Å². The molecule has 0 spiro atoms. The molecule has 0 aliphatic carbocycles. The van der Waals surface area contributed by atoms with Gasteiger partial charge in [0.2, 0.25) is 0 Å². The molecule has 138 valence electrons. The van der Waals surface area contributed by atoms with Gasteiger partial charge in [-0.15, -0.1) is 0 Å². The van der Waals surface area contributed by atoms with E-state index in [4.69, 9.17) is 18.4 Å². The second-order valence-corrected chi connectivity index (χ2v) is 7.64. The first-order valence-corrected chi connectivity index (χ1v) is 9.34. The molecule has 1 heterocycles. The maximum absolute atomic E-state index is 12.3. The van der Waals surface area contributed by atoms with E-state index in [9.17, 15) is 18.0 Å². The van der Waals surface area contributed by atoms with Crippen LogP contribution >= 0.6 is 0 Å². The lowest BCUT2D eigenvalue weighted by Crippen LogP contribution is -2.42. The van der Waals surface area contributed by atoms with Gasteiger partial charge in [0.15, 0.2) is 18.2 Å². The summed E-state index contributed by atoms with van der Waals surface area (Å²) in [5.74, 6) is -1.78. The van der Waals surface area contributed by atoms with Crippen molar-refractivity contribution in [1.29, 1.82) is 0 Å². The van der Waals surface area contributed by atoms with Crippen LogP contribution in [-0.4, -0.2) is 57.6 Å². The van der Waals surface area contributed by atoms with Crippen LogP contribution in [0.1, 0.15) is 24.2 Å². The predicted octanol–water partition coefficient (Wildman–Crippen LogP) is 0.907. The molecule has 2 rings (SSSR count). The lowest BCUT2D eigenvalue weighted by atomic mass is 10.1. The minimum Gasteiger partial charge on any atom is -0.453 e. The molecule has 3 unspecified atom stereocenters. The quantitative estimate of drug-likeness (QED) is 0.395. The number of benzene rings is 1. The van der Waals surface area contributed by atoms with Gasteiger partial charge in [0.05, 0.1) is 11.8 Å². The third kappa shape index (κ3) is 5.60. The first kappa shape index (κ1) is 19.5.